The number of pyridine rings is 2. The number of aromatic nitrogens is 2. The van der Waals surface area contributed by atoms with E-state index >= 15 is 0 Å². The molecule has 0 amide bonds. The van der Waals surface area contributed by atoms with Gasteiger partial charge in [-0.05, 0) is 42.5 Å². The quantitative estimate of drug-likeness (QED) is 0.711. The van der Waals surface area contributed by atoms with Crippen molar-refractivity contribution < 1.29 is 0 Å². The second-order valence-electron chi connectivity index (χ2n) is 3.85. The van der Waals surface area contributed by atoms with E-state index in [0.29, 0.717) is 0 Å². The molecule has 1 aromatic carbocycles. The van der Waals surface area contributed by atoms with Gasteiger partial charge in [-0.25, -0.2) is 0 Å². The average molecular weight is 253 g/mol. The maximum atomic E-state index is 5.68. The zero-order chi connectivity index (χ0) is 12.4. The highest BCUT2D eigenvalue weighted by Crippen LogP contribution is 2.31. The number of anilines is 1. The minimum Gasteiger partial charge on any atom is -0.399 e. The maximum Gasteiger partial charge on any atom is 0.103 e. The lowest BCUT2D eigenvalue weighted by molar-refractivity contribution is 1.27. The van der Waals surface area contributed by atoms with Crippen LogP contribution in [0.3, 0.4) is 0 Å². The van der Waals surface area contributed by atoms with Crippen molar-refractivity contribution in [2.45, 2.75) is 9.79 Å². The van der Waals surface area contributed by atoms with Gasteiger partial charge in [0.25, 0.3) is 0 Å². The predicted molar refractivity (Wildman–Crippen MR) is 74.5 cm³/mol. The molecule has 0 unspecified atom stereocenters. The zero-order valence-corrected chi connectivity index (χ0v) is 10.4. The molecule has 0 aliphatic heterocycles. The Morgan fingerprint density at radius 1 is 0.889 bits per heavy atom. The third-order valence-electron chi connectivity index (χ3n) is 2.57. The molecule has 0 atom stereocenters. The Morgan fingerprint density at radius 3 is 2.56 bits per heavy atom. The summed E-state index contributed by atoms with van der Waals surface area (Å²) in [6.07, 6.45) is 3.60. The van der Waals surface area contributed by atoms with Crippen LogP contribution in [0, 0.1) is 0 Å². The highest BCUT2D eigenvalue weighted by molar-refractivity contribution is 7.99. The lowest BCUT2D eigenvalue weighted by Gasteiger charge is -2.04. The minimum absolute atomic E-state index is 0.775. The van der Waals surface area contributed by atoms with E-state index in [1.807, 2.05) is 48.7 Å². The monoisotopic (exact) mass is 253 g/mol. The van der Waals surface area contributed by atoms with Crippen molar-refractivity contribution in [2.24, 2.45) is 0 Å². The van der Waals surface area contributed by atoms with Crippen LogP contribution in [0.4, 0.5) is 5.69 Å². The Labute approximate surface area is 109 Å². The Bertz CT molecular complexity index is 675. The third kappa shape index (κ3) is 2.15. The standard InChI is InChI=1S/C14H11N3S/c15-10-3-5-11(6-4-10)18-13-7-9-16-12-2-1-8-17-14(12)13/h1-9H,15H2. The molecule has 3 aromatic rings. The molecule has 0 aliphatic rings. The summed E-state index contributed by atoms with van der Waals surface area (Å²) in [5.41, 5.74) is 8.30. The van der Waals surface area contributed by atoms with Crippen LogP contribution in [0.2, 0.25) is 0 Å². The summed E-state index contributed by atoms with van der Waals surface area (Å²) in [5.74, 6) is 0. The first-order valence-corrected chi connectivity index (χ1v) is 6.38. The highest BCUT2D eigenvalue weighted by Gasteiger charge is 2.04. The molecule has 2 N–H and O–H groups in total. The van der Waals surface area contributed by atoms with E-state index in [0.717, 1.165) is 26.5 Å². The van der Waals surface area contributed by atoms with E-state index < -0.39 is 0 Å². The van der Waals surface area contributed by atoms with Gasteiger partial charge in [0, 0.05) is 27.9 Å². The number of rotatable bonds is 2. The van der Waals surface area contributed by atoms with E-state index in [1.54, 1.807) is 18.0 Å². The molecule has 2 aromatic heterocycles. The molecular weight excluding hydrogens is 242 g/mol. The summed E-state index contributed by atoms with van der Waals surface area (Å²) in [4.78, 5) is 10.9. The Hall–Kier alpha value is -2.07. The van der Waals surface area contributed by atoms with Gasteiger partial charge in [-0.2, -0.15) is 0 Å². The Kier molecular flexibility index (Phi) is 2.86. The van der Waals surface area contributed by atoms with Crippen LogP contribution in [-0.2, 0) is 0 Å². The van der Waals surface area contributed by atoms with Crippen LogP contribution in [0.1, 0.15) is 0 Å². The van der Waals surface area contributed by atoms with Crippen LogP contribution >= 0.6 is 11.8 Å². The predicted octanol–water partition coefficient (Wildman–Crippen LogP) is 3.36. The molecule has 2 heterocycles. The molecule has 88 valence electrons. The normalized spacial score (nSPS) is 10.7. The second-order valence-corrected chi connectivity index (χ2v) is 4.97. The SMILES string of the molecule is Nc1ccc(Sc2ccnc3cccnc23)cc1. The molecule has 0 saturated carbocycles. The van der Waals surface area contributed by atoms with Gasteiger partial charge < -0.3 is 5.73 Å². The van der Waals surface area contributed by atoms with E-state index in [-0.39, 0.29) is 0 Å². The fraction of sp³-hybridized carbons (Fsp3) is 0. The summed E-state index contributed by atoms with van der Waals surface area (Å²) in [5, 5.41) is 0. The van der Waals surface area contributed by atoms with Gasteiger partial charge in [-0.3, -0.25) is 9.97 Å². The van der Waals surface area contributed by atoms with E-state index in [9.17, 15) is 0 Å². The number of fused-ring (bicyclic) bond motifs is 1. The molecule has 0 spiro atoms. The lowest BCUT2D eigenvalue weighted by Crippen LogP contribution is -1.86. The molecule has 0 saturated heterocycles. The number of nitrogens with zero attached hydrogens (tertiary/aromatic N) is 2. The van der Waals surface area contributed by atoms with Crippen LogP contribution in [-0.4, -0.2) is 9.97 Å². The van der Waals surface area contributed by atoms with E-state index in [4.69, 9.17) is 5.73 Å². The zero-order valence-electron chi connectivity index (χ0n) is 9.58. The van der Waals surface area contributed by atoms with E-state index in [1.165, 1.54) is 0 Å². The van der Waals surface area contributed by atoms with Gasteiger partial charge in [0.05, 0.1) is 5.52 Å². The van der Waals surface area contributed by atoms with Crippen LogP contribution in [0.15, 0.2) is 64.6 Å². The molecule has 0 bridgehead atoms. The molecule has 18 heavy (non-hydrogen) atoms. The van der Waals surface area contributed by atoms with Crippen LogP contribution in [0.25, 0.3) is 11.0 Å². The number of nitrogen functional groups attached to an aromatic ring is 1. The van der Waals surface area contributed by atoms with Crippen molar-refractivity contribution in [3.63, 3.8) is 0 Å². The van der Waals surface area contributed by atoms with Crippen molar-refractivity contribution in [3.05, 3.63) is 54.9 Å². The van der Waals surface area contributed by atoms with Crippen molar-refractivity contribution in [2.75, 3.05) is 5.73 Å². The van der Waals surface area contributed by atoms with Crippen molar-refractivity contribution >= 4 is 28.5 Å². The van der Waals surface area contributed by atoms with Crippen molar-refractivity contribution in [1.82, 2.24) is 9.97 Å². The highest BCUT2D eigenvalue weighted by atomic mass is 32.2. The first-order chi connectivity index (χ1) is 8.83. The van der Waals surface area contributed by atoms with Gasteiger partial charge in [-0.15, -0.1) is 0 Å². The third-order valence-corrected chi connectivity index (χ3v) is 3.62. The summed E-state index contributed by atoms with van der Waals surface area (Å²) in [7, 11) is 0. The summed E-state index contributed by atoms with van der Waals surface area (Å²) in [6.45, 7) is 0. The molecule has 3 rings (SSSR count). The smallest absolute Gasteiger partial charge is 0.103 e. The minimum atomic E-state index is 0.775. The van der Waals surface area contributed by atoms with Gasteiger partial charge in [-0.1, -0.05) is 11.8 Å². The average Bonchev–Trinajstić information content (AvgIpc) is 2.42. The lowest BCUT2D eigenvalue weighted by atomic mass is 10.3. The molecule has 0 aliphatic carbocycles. The Morgan fingerprint density at radius 2 is 1.72 bits per heavy atom. The van der Waals surface area contributed by atoms with Crippen molar-refractivity contribution in [1.29, 1.82) is 0 Å². The summed E-state index contributed by atoms with van der Waals surface area (Å²) >= 11 is 1.67. The Balaban J connectivity index is 2.02. The molecule has 3 nitrogen and oxygen atoms in total. The second kappa shape index (κ2) is 4.66. The van der Waals surface area contributed by atoms with Crippen LogP contribution in [0.5, 0.6) is 0 Å². The summed E-state index contributed by atoms with van der Waals surface area (Å²) in [6, 6.07) is 13.7. The van der Waals surface area contributed by atoms with Gasteiger partial charge in [0.1, 0.15) is 5.52 Å². The molecule has 0 radical (unpaired) electrons. The molecule has 4 heteroatoms. The van der Waals surface area contributed by atoms with Crippen LogP contribution < -0.4 is 5.73 Å². The molecular formula is C14H11N3S. The number of nitrogens with two attached hydrogens (primary N) is 1. The van der Waals surface area contributed by atoms with Gasteiger partial charge in [0.15, 0.2) is 0 Å². The van der Waals surface area contributed by atoms with Crippen molar-refractivity contribution in [3.8, 4) is 0 Å². The van der Waals surface area contributed by atoms with E-state index in [2.05, 4.69) is 9.97 Å². The maximum absolute atomic E-state index is 5.68. The topological polar surface area (TPSA) is 51.8 Å². The van der Waals surface area contributed by atoms with Gasteiger partial charge in [0.2, 0.25) is 0 Å². The first kappa shape index (κ1) is 11.0. The molecule has 0 fully saturated rings. The number of benzene rings is 1. The van der Waals surface area contributed by atoms with Gasteiger partial charge >= 0.3 is 0 Å². The fourth-order valence-corrected chi connectivity index (χ4v) is 2.61. The first-order valence-electron chi connectivity index (χ1n) is 5.56. The number of hydrogen-bond acceptors (Lipinski definition) is 4. The largest absolute Gasteiger partial charge is 0.399 e. The summed E-state index contributed by atoms with van der Waals surface area (Å²) < 4.78 is 0. The number of hydrogen-bond donors (Lipinski definition) is 1. The fourth-order valence-electron chi connectivity index (χ4n) is 1.70.